The predicted octanol–water partition coefficient (Wildman–Crippen LogP) is 0.0863. The number of benzene rings is 1. The van der Waals surface area contributed by atoms with Gasteiger partial charge in [-0.1, -0.05) is 6.07 Å². The Morgan fingerprint density at radius 3 is 3.00 bits per heavy atom. The van der Waals surface area contributed by atoms with Crippen LogP contribution in [-0.4, -0.2) is 17.5 Å². The van der Waals surface area contributed by atoms with Crippen LogP contribution in [0.2, 0.25) is 0 Å². The number of nitrogens with one attached hydrogen (secondary N) is 3. The Kier molecular flexibility index (Phi) is 3.43. The van der Waals surface area contributed by atoms with Crippen molar-refractivity contribution in [3.05, 3.63) is 29.3 Å². The van der Waals surface area contributed by atoms with Crippen molar-refractivity contribution in [1.82, 2.24) is 5.32 Å². The fourth-order valence-corrected chi connectivity index (χ4v) is 1.73. The number of carbonyl (C=O) groups excluding carboxylic acids is 1. The van der Waals surface area contributed by atoms with E-state index < -0.39 is 0 Å². The molecule has 2 rings (SSSR count). The average molecular weight is 256 g/mol. The number of fused-ring (bicyclic) bond motifs is 1. The Balaban J connectivity index is 2.18. The molecule has 1 aromatic carbocycles. The summed E-state index contributed by atoms with van der Waals surface area (Å²) in [4.78, 5) is 11.2. The van der Waals surface area contributed by atoms with Crippen LogP contribution >= 0.6 is 0 Å². The molecule has 7 nitrogen and oxygen atoms in total. The topological polar surface area (TPSA) is 127 Å². The van der Waals surface area contributed by atoms with Gasteiger partial charge in [0, 0.05) is 6.54 Å². The number of nitrogens with zero attached hydrogens (tertiary/aromatic N) is 2. The summed E-state index contributed by atoms with van der Waals surface area (Å²) < 4.78 is 0. The maximum atomic E-state index is 11.2. The zero-order valence-electron chi connectivity index (χ0n) is 10.0. The van der Waals surface area contributed by atoms with E-state index in [4.69, 9.17) is 16.4 Å². The summed E-state index contributed by atoms with van der Waals surface area (Å²) in [6, 6.07) is 7.16. The van der Waals surface area contributed by atoms with Gasteiger partial charge in [-0.3, -0.25) is 15.6 Å². The zero-order chi connectivity index (χ0) is 13.8. The van der Waals surface area contributed by atoms with E-state index in [-0.39, 0.29) is 17.5 Å². The Bertz CT molecular complexity index is 613. The van der Waals surface area contributed by atoms with Crippen molar-refractivity contribution in [3.8, 4) is 6.07 Å². The van der Waals surface area contributed by atoms with Gasteiger partial charge in [-0.25, -0.2) is 0 Å². The fraction of sp³-hybridized carbons (Fsp3) is 0.167. The molecule has 0 aliphatic carbocycles. The largest absolute Gasteiger partial charge is 0.382 e. The molecule has 0 aromatic heterocycles. The van der Waals surface area contributed by atoms with Crippen molar-refractivity contribution in [2.75, 3.05) is 5.43 Å². The van der Waals surface area contributed by atoms with E-state index in [1.165, 1.54) is 0 Å². The van der Waals surface area contributed by atoms with E-state index >= 15 is 0 Å². The molecule has 7 heteroatoms. The van der Waals surface area contributed by atoms with Crippen LogP contribution in [0.15, 0.2) is 23.3 Å². The summed E-state index contributed by atoms with van der Waals surface area (Å²) in [5.41, 5.74) is 10.3. The van der Waals surface area contributed by atoms with Gasteiger partial charge < -0.3 is 11.1 Å². The molecular weight excluding hydrogens is 244 g/mol. The molecule has 0 saturated carbocycles. The summed E-state index contributed by atoms with van der Waals surface area (Å²) in [5.74, 6) is -0.380. The lowest BCUT2D eigenvalue weighted by molar-refractivity contribution is -0.121. The molecule has 19 heavy (non-hydrogen) atoms. The molecule has 0 spiro atoms. The highest BCUT2D eigenvalue weighted by Crippen LogP contribution is 2.19. The second-order valence-electron chi connectivity index (χ2n) is 4.03. The minimum atomic E-state index is -0.389. The normalized spacial score (nSPS) is 14.1. The number of amidine groups is 1. The SMILES string of the molecule is N#C/C(=N\Nc1ccc2c(c1)CNC(=O)C2)C(=N)N. The molecular formula is C12H12N6O. The van der Waals surface area contributed by atoms with Gasteiger partial charge in [0.1, 0.15) is 6.07 Å². The Morgan fingerprint density at radius 1 is 1.53 bits per heavy atom. The van der Waals surface area contributed by atoms with Gasteiger partial charge in [0.15, 0.2) is 5.84 Å². The van der Waals surface area contributed by atoms with E-state index in [1.807, 2.05) is 12.1 Å². The lowest BCUT2D eigenvalue weighted by atomic mass is 10.0. The van der Waals surface area contributed by atoms with Crippen molar-refractivity contribution in [2.24, 2.45) is 10.8 Å². The summed E-state index contributed by atoms with van der Waals surface area (Å²) in [6.45, 7) is 0.477. The van der Waals surface area contributed by atoms with Crippen LogP contribution in [0.3, 0.4) is 0 Å². The van der Waals surface area contributed by atoms with E-state index in [0.29, 0.717) is 18.7 Å². The van der Waals surface area contributed by atoms with Crippen molar-refractivity contribution < 1.29 is 4.79 Å². The van der Waals surface area contributed by atoms with E-state index in [9.17, 15) is 4.79 Å². The van der Waals surface area contributed by atoms with Crippen molar-refractivity contribution in [2.45, 2.75) is 13.0 Å². The molecule has 0 bridgehead atoms. The maximum absolute atomic E-state index is 11.2. The van der Waals surface area contributed by atoms with Gasteiger partial charge in [0.25, 0.3) is 0 Å². The van der Waals surface area contributed by atoms with Crippen molar-refractivity contribution >= 4 is 23.1 Å². The third-order valence-electron chi connectivity index (χ3n) is 2.69. The zero-order valence-corrected chi connectivity index (χ0v) is 10.0. The minimum Gasteiger partial charge on any atom is -0.382 e. The van der Waals surface area contributed by atoms with Gasteiger partial charge in [-0.15, -0.1) is 0 Å². The predicted molar refractivity (Wildman–Crippen MR) is 70.6 cm³/mol. The molecule has 5 N–H and O–H groups in total. The smallest absolute Gasteiger partial charge is 0.224 e. The van der Waals surface area contributed by atoms with Gasteiger partial charge in [-0.2, -0.15) is 10.4 Å². The number of amides is 1. The molecule has 1 aliphatic rings. The first-order valence-electron chi connectivity index (χ1n) is 5.57. The number of nitriles is 1. The number of rotatable bonds is 3. The number of hydrogen-bond donors (Lipinski definition) is 4. The quantitative estimate of drug-likeness (QED) is 0.347. The number of hydrazone groups is 1. The molecule has 0 unspecified atom stereocenters. The summed E-state index contributed by atoms with van der Waals surface area (Å²) in [5, 5.41) is 22.3. The number of nitrogens with two attached hydrogens (primary N) is 1. The van der Waals surface area contributed by atoms with E-state index in [1.54, 1.807) is 12.1 Å². The average Bonchev–Trinajstić information content (AvgIpc) is 2.39. The Labute approximate surface area is 109 Å². The molecule has 96 valence electrons. The standard InChI is InChI=1S/C12H12N6O/c13-5-10(12(14)15)18-17-9-2-1-7-4-11(19)16-6-8(7)3-9/h1-3,17H,4,6H2,(H3,14,15)(H,16,19)/b18-10+. The van der Waals surface area contributed by atoms with Gasteiger partial charge >= 0.3 is 0 Å². The fourth-order valence-electron chi connectivity index (χ4n) is 1.73. The third kappa shape index (κ3) is 2.87. The summed E-state index contributed by atoms with van der Waals surface area (Å²) in [7, 11) is 0. The molecule has 0 radical (unpaired) electrons. The summed E-state index contributed by atoms with van der Waals surface area (Å²) >= 11 is 0. The van der Waals surface area contributed by atoms with Gasteiger partial charge in [0.05, 0.1) is 12.1 Å². The van der Waals surface area contributed by atoms with Crippen LogP contribution in [0.1, 0.15) is 11.1 Å². The van der Waals surface area contributed by atoms with Crippen LogP contribution in [0.25, 0.3) is 0 Å². The van der Waals surface area contributed by atoms with Gasteiger partial charge in [-0.05, 0) is 23.3 Å². The second kappa shape index (κ2) is 5.18. The van der Waals surface area contributed by atoms with Crippen LogP contribution in [0.4, 0.5) is 5.69 Å². The first-order chi connectivity index (χ1) is 9.10. The molecule has 1 aliphatic heterocycles. The van der Waals surface area contributed by atoms with Crippen molar-refractivity contribution in [1.29, 1.82) is 10.7 Å². The summed E-state index contributed by atoms with van der Waals surface area (Å²) in [6.07, 6.45) is 0.371. The molecule has 1 amide bonds. The van der Waals surface area contributed by atoms with Gasteiger partial charge in [0.2, 0.25) is 11.6 Å². The molecule has 1 aromatic rings. The van der Waals surface area contributed by atoms with Crippen LogP contribution in [0, 0.1) is 16.7 Å². The Hall–Kier alpha value is -2.88. The maximum Gasteiger partial charge on any atom is 0.224 e. The monoisotopic (exact) mass is 256 g/mol. The van der Waals surface area contributed by atoms with E-state index in [0.717, 1.165) is 11.1 Å². The molecule has 1 heterocycles. The highest BCUT2D eigenvalue weighted by molar-refractivity contribution is 6.45. The minimum absolute atomic E-state index is 0.00887. The molecule has 0 atom stereocenters. The lowest BCUT2D eigenvalue weighted by Crippen LogP contribution is -2.30. The second-order valence-corrected chi connectivity index (χ2v) is 4.03. The highest BCUT2D eigenvalue weighted by Gasteiger charge is 2.14. The van der Waals surface area contributed by atoms with Crippen LogP contribution < -0.4 is 16.5 Å². The molecule has 0 saturated heterocycles. The molecule has 0 fully saturated rings. The first kappa shape index (κ1) is 12.6. The van der Waals surface area contributed by atoms with E-state index in [2.05, 4.69) is 15.8 Å². The van der Waals surface area contributed by atoms with Crippen molar-refractivity contribution in [3.63, 3.8) is 0 Å². The highest BCUT2D eigenvalue weighted by atomic mass is 16.1. The first-order valence-corrected chi connectivity index (χ1v) is 5.57. The number of hydrogen-bond acceptors (Lipinski definition) is 5. The van der Waals surface area contributed by atoms with Crippen LogP contribution in [0.5, 0.6) is 0 Å². The Morgan fingerprint density at radius 2 is 2.32 bits per heavy atom. The number of anilines is 1. The third-order valence-corrected chi connectivity index (χ3v) is 2.69. The lowest BCUT2D eigenvalue weighted by Gasteiger charge is -2.17. The number of carbonyl (C=O) groups is 1. The van der Waals surface area contributed by atoms with Crippen LogP contribution in [-0.2, 0) is 17.8 Å².